The summed E-state index contributed by atoms with van der Waals surface area (Å²) in [6, 6.07) is 5.74. The minimum absolute atomic E-state index is 0.0327. The second-order valence-electron chi connectivity index (χ2n) is 5.63. The monoisotopic (exact) mass is 420 g/mol. The van der Waals surface area contributed by atoms with E-state index in [9.17, 15) is 30.7 Å². The van der Waals surface area contributed by atoms with Gasteiger partial charge in [-0.25, -0.2) is 22.0 Å². The highest BCUT2D eigenvalue weighted by Crippen LogP contribution is 2.37. The summed E-state index contributed by atoms with van der Waals surface area (Å²) in [4.78, 5) is 0. The van der Waals surface area contributed by atoms with Gasteiger partial charge in [0.25, 0.3) is 0 Å². The van der Waals surface area contributed by atoms with E-state index in [0.29, 0.717) is 30.3 Å². The van der Waals surface area contributed by atoms with Crippen LogP contribution >= 0.6 is 11.6 Å². The first-order valence-electron chi connectivity index (χ1n) is 7.55. The smallest absolute Gasteiger partial charge is 0.429 e. The van der Waals surface area contributed by atoms with Crippen LogP contribution < -0.4 is 4.74 Å². The third kappa shape index (κ3) is 3.91. The van der Waals surface area contributed by atoms with Gasteiger partial charge in [-0.1, -0.05) is 11.6 Å². The Morgan fingerprint density at radius 1 is 0.679 bits per heavy atom. The van der Waals surface area contributed by atoms with Crippen molar-refractivity contribution in [2.24, 2.45) is 0 Å². The quantitative estimate of drug-likeness (QED) is 0.420. The molecule has 0 aromatic heterocycles. The van der Waals surface area contributed by atoms with Crippen LogP contribution in [0, 0.1) is 29.1 Å². The standard InChI is InChI=1S/C19H8ClF7O/c20-10-1-3-12(14(22)7-10)9-5-16(24)18(17(25)6-9)19(26,27)28-11-2-4-13(21)15(23)8-11/h1-8H. The third-order valence-corrected chi connectivity index (χ3v) is 3.95. The van der Waals surface area contributed by atoms with Crippen LogP contribution in [0.1, 0.15) is 5.56 Å². The second kappa shape index (κ2) is 7.35. The molecular weight excluding hydrogens is 413 g/mol. The number of ether oxygens (including phenoxy) is 1. The van der Waals surface area contributed by atoms with Crippen molar-refractivity contribution in [2.75, 3.05) is 0 Å². The summed E-state index contributed by atoms with van der Waals surface area (Å²) in [6.07, 6.45) is -4.56. The van der Waals surface area contributed by atoms with Crippen LogP contribution in [0.4, 0.5) is 30.7 Å². The Labute approximate surface area is 158 Å². The topological polar surface area (TPSA) is 9.23 Å². The van der Waals surface area contributed by atoms with E-state index in [-0.39, 0.29) is 16.1 Å². The van der Waals surface area contributed by atoms with Crippen LogP contribution in [0.25, 0.3) is 11.1 Å². The molecule has 0 amide bonds. The zero-order chi connectivity index (χ0) is 20.6. The molecule has 0 aliphatic carbocycles. The van der Waals surface area contributed by atoms with Gasteiger partial charge in [-0.2, -0.15) is 8.78 Å². The van der Waals surface area contributed by atoms with Gasteiger partial charge in [0.1, 0.15) is 28.8 Å². The zero-order valence-corrected chi connectivity index (χ0v) is 14.3. The van der Waals surface area contributed by atoms with Crippen LogP contribution in [0.3, 0.4) is 0 Å². The van der Waals surface area contributed by atoms with Gasteiger partial charge in [-0.05, 0) is 48.0 Å². The van der Waals surface area contributed by atoms with Crippen molar-refractivity contribution in [2.45, 2.75) is 6.11 Å². The fraction of sp³-hybridized carbons (Fsp3) is 0.0526. The van der Waals surface area contributed by atoms with Gasteiger partial charge in [0.2, 0.25) is 0 Å². The Bertz CT molecular complexity index is 1030. The Balaban J connectivity index is 2.00. The zero-order valence-electron chi connectivity index (χ0n) is 13.6. The molecule has 9 heteroatoms. The van der Waals surface area contributed by atoms with Gasteiger partial charge in [0.05, 0.1) is 0 Å². The molecule has 3 aromatic carbocycles. The van der Waals surface area contributed by atoms with Crippen LogP contribution in [0.5, 0.6) is 5.75 Å². The molecule has 0 N–H and O–H groups in total. The van der Waals surface area contributed by atoms with E-state index in [1.54, 1.807) is 0 Å². The van der Waals surface area contributed by atoms with E-state index < -0.39 is 46.5 Å². The van der Waals surface area contributed by atoms with Crippen LogP contribution in [0.15, 0.2) is 48.5 Å². The van der Waals surface area contributed by atoms with Gasteiger partial charge >= 0.3 is 6.11 Å². The summed E-state index contributed by atoms with van der Waals surface area (Å²) >= 11 is 5.60. The first-order chi connectivity index (χ1) is 13.1. The molecule has 0 saturated heterocycles. The van der Waals surface area contributed by atoms with E-state index in [4.69, 9.17) is 11.6 Å². The van der Waals surface area contributed by atoms with Gasteiger partial charge in [-0.3, -0.25) is 0 Å². The fourth-order valence-electron chi connectivity index (χ4n) is 2.47. The Hall–Kier alpha value is -2.74. The van der Waals surface area contributed by atoms with Gasteiger partial charge in [0, 0.05) is 16.7 Å². The number of benzene rings is 3. The molecule has 0 bridgehead atoms. The van der Waals surface area contributed by atoms with Crippen LogP contribution in [-0.2, 0) is 6.11 Å². The average molecular weight is 421 g/mol. The molecule has 3 rings (SSSR count). The normalized spacial score (nSPS) is 11.6. The molecule has 3 aromatic rings. The average Bonchev–Trinajstić information content (AvgIpc) is 2.57. The number of rotatable bonds is 4. The third-order valence-electron chi connectivity index (χ3n) is 3.71. The molecule has 0 unspecified atom stereocenters. The highest BCUT2D eigenvalue weighted by atomic mass is 35.5. The molecule has 0 radical (unpaired) electrons. The van der Waals surface area contributed by atoms with E-state index in [2.05, 4.69) is 4.74 Å². The first kappa shape index (κ1) is 20.0. The number of halogens is 8. The molecule has 0 spiro atoms. The first-order valence-corrected chi connectivity index (χ1v) is 7.93. The van der Waals surface area contributed by atoms with E-state index in [0.717, 1.165) is 12.1 Å². The van der Waals surface area contributed by atoms with E-state index >= 15 is 0 Å². The maximum absolute atomic E-state index is 14.3. The van der Waals surface area contributed by atoms with Gasteiger partial charge < -0.3 is 4.74 Å². The number of hydrogen-bond donors (Lipinski definition) is 0. The predicted octanol–water partition coefficient (Wildman–Crippen LogP) is 6.83. The minimum Gasteiger partial charge on any atom is -0.429 e. The molecular formula is C19H8ClF7O. The molecule has 146 valence electrons. The van der Waals surface area contributed by atoms with Crippen molar-refractivity contribution in [3.8, 4) is 16.9 Å². The SMILES string of the molecule is Fc1ccc(OC(F)(F)c2c(F)cc(-c3ccc(Cl)cc3F)cc2F)cc1F. The summed E-state index contributed by atoms with van der Waals surface area (Å²) in [7, 11) is 0. The van der Waals surface area contributed by atoms with E-state index in [1.807, 2.05) is 0 Å². The summed E-state index contributed by atoms with van der Waals surface area (Å²) in [5.74, 6) is -8.02. The van der Waals surface area contributed by atoms with Crippen molar-refractivity contribution in [3.63, 3.8) is 0 Å². The Morgan fingerprint density at radius 2 is 1.32 bits per heavy atom. The molecule has 0 atom stereocenters. The van der Waals surface area contributed by atoms with Crippen molar-refractivity contribution in [1.82, 2.24) is 0 Å². The molecule has 0 fully saturated rings. The summed E-state index contributed by atoms with van der Waals surface area (Å²) in [5.41, 5.74) is -2.38. The maximum Gasteiger partial charge on any atom is 0.432 e. The van der Waals surface area contributed by atoms with Crippen molar-refractivity contribution >= 4 is 11.6 Å². The predicted molar refractivity (Wildman–Crippen MR) is 87.6 cm³/mol. The summed E-state index contributed by atoms with van der Waals surface area (Å²) in [5, 5.41) is 0.0327. The Morgan fingerprint density at radius 3 is 1.89 bits per heavy atom. The van der Waals surface area contributed by atoms with Crippen molar-refractivity contribution < 1.29 is 35.5 Å². The summed E-state index contributed by atoms with van der Waals surface area (Å²) < 4.78 is 101. The molecule has 1 nitrogen and oxygen atoms in total. The van der Waals surface area contributed by atoms with E-state index in [1.165, 1.54) is 6.07 Å². The highest BCUT2D eigenvalue weighted by Gasteiger charge is 2.41. The highest BCUT2D eigenvalue weighted by molar-refractivity contribution is 6.30. The van der Waals surface area contributed by atoms with Crippen molar-refractivity contribution in [1.29, 1.82) is 0 Å². The number of alkyl halides is 2. The molecule has 0 aliphatic heterocycles. The molecule has 0 saturated carbocycles. The number of hydrogen-bond acceptors (Lipinski definition) is 1. The van der Waals surface area contributed by atoms with Gasteiger partial charge in [-0.15, -0.1) is 0 Å². The van der Waals surface area contributed by atoms with Crippen molar-refractivity contribution in [3.05, 3.63) is 88.2 Å². The lowest BCUT2D eigenvalue weighted by Gasteiger charge is -2.20. The summed E-state index contributed by atoms with van der Waals surface area (Å²) in [6.45, 7) is 0. The van der Waals surface area contributed by atoms with Crippen LogP contribution in [0.2, 0.25) is 5.02 Å². The molecule has 0 aliphatic rings. The molecule has 28 heavy (non-hydrogen) atoms. The van der Waals surface area contributed by atoms with Crippen LogP contribution in [-0.4, -0.2) is 0 Å². The minimum atomic E-state index is -4.56. The fourth-order valence-corrected chi connectivity index (χ4v) is 2.63. The maximum atomic E-state index is 14.3. The lowest BCUT2D eigenvalue weighted by Crippen LogP contribution is -2.25. The second-order valence-corrected chi connectivity index (χ2v) is 6.07. The lowest BCUT2D eigenvalue weighted by molar-refractivity contribution is -0.189. The van der Waals surface area contributed by atoms with Gasteiger partial charge in [0.15, 0.2) is 11.6 Å². The lowest BCUT2D eigenvalue weighted by atomic mass is 10.0. The molecule has 0 heterocycles. The Kier molecular flexibility index (Phi) is 5.25. The largest absolute Gasteiger partial charge is 0.432 e.